The Morgan fingerprint density at radius 1 is 1.07 bits per heavy atom. The number of hydrogen-bond donors (Lipinski definition) is 1. The van der Waals surface area contributed by atoms with Gasteiger partial charge in [-0.1, -0.05) is 12.8 Å². The van der Waals surface area contributed by atoms with Gasteiger partial charge in [-0.15, -0.1) is 0 Å². The second-order valence-corrected chi connectivity index (χ2v) is 8.09. The number of piperidine rings is 1. The van der Waals surface area contributed by atoms with Gasteiger partial charge in [0.25, 0.3) is 5.56 Å². The molecule has 2 fully saturated rings. The topological polar surface area (TPSA) is 86.4 Å². The number of carbonyl (C=O) groups is 2. The fourth-order valence-corrected chi connectivity index (χ4v) is 4.77. The standard InChI is InChI=1S/C20H28N4O3/c1-13(25)23-11-9-15-16(12-23)21-18(22-19(15)26)17-8-4-5-10-24(17)20(27)14-6-2-3-7-14/h14,17H,2-12H2,1H3,(H,21,22,26)/t17-/m1/s1. The molecule has 1 atom stereocenters. The van der Waals surface area contributed by atoms with Crippen molar-refractivity contribution in [2.24, 2.45) is 5.92 Å². The molecule has 1 saturated carbocycles. The first-order valence-electron chi connectivity index (χ1n) is 10.2. The minimum atomic E-state index is -0.155. The summed E-state index contributed by atoms with van der Waals surface area (Å²) in [5.74, 6) is 0.946. The van der Waals surface area contributed by atoms with E-state index < -0.39 is 0 Å². The molecule has 2 aliphatic heterocycles. The van der Waals surface area contributed by atoms with Crippen molar-refractivity contribution in [3.8, 4) is 0 Å². The quantitative estimate of drug-likeness (QED) is 0.859. The number of carbonyl (C=O) groups excluding carboxylic acids is 2. The van der Waals surface area contributed by atoms with Gasteiger partial charge in [-0.3, -0.25) is 14.4 Å². The minimum absolute atomic E-state index is 0.0000132. The lowest BCUT2D eigenvalue weighted by molar-refractivity contribution is -0.139. The zero-order valence-corrected chi connectivity index (χ0v) is 16.0. The number of fused-ring (bicyclic) bond motifs is 1. The third kappa shape index (κ3) is 3.51. The first-order chi connectivity index (χ1) is 13.0. The maximum Gasteiger partial charge on any atom is 0.254 e. The monoisotopic (exact) mass is 372 g/mol. The molecule has 0 unspecified atom stereocenters. The molecule has 27 heavy (non-hydrogen) atoms. The van der Waals surface area contributed by atoms with Gasteiger partial charge in [-0.2, -0.15) is 0 Å². The fraction of sp³-hybridized carbons (Fsp3) is 0.700. The Morgan fingerprint density at radius 3 is 2.56 bits per heavy atom. The third-order valence-corrected chi connectivity index (χ3v) is 6.34. The average Bonchev–Trinajstić information content (AvgIpc) is 3.21. The zero-order chi connectivity index (χ0) is 19.0. The first kappa shape index (κ1) is 18.2. The molecule has 3 heterocycles. The number of amides is 2. The van der Waals surface area contributed by atoms with Crippen molar-refractivity contribution in [1.82, 2.24) is 19.8 Å². The van der Waals surface area contributed by atoms with E-state index in [1.165, 1.54) is 0 Å². The highest BCUT2D eigenvalue weighted by atomic mass is 16.2. The van der Waals surface area contributed by atoms with Gasteiger partial charge in [0.15, 0.2) is 0 Å². The molecule has 1 aromatic heterocycles. The maximum atomic E-state index is 13.1. The predicted molar refractivity (Wildman–Crippen MR) is 99.9 cm³/mol. The Kier molecular flexibility index (Phi) is 5.02. The number of likely N-dealkylation sites (tertiary alicyclic amines) is 1. The lowest BCUT2D eigenvalue weighted by atomic mass is 9.97. The molecule has 1 N–H and O–H groups in total. The van der Waals surface area contributed by atoms with Crippen LogP contribution in [-0.4, -0.2) is 44.7 Å². The number of nitrogens with zero attached hydrogens (tertiary/aromatic N) is 3. The molecule has 0 radical (unpaired) electrons. The molecule has 1 saturated heterocycles. The number of aromatic amines is 1. The van der Waals surface area contributed by atoms with Crippen LogP contribution in [-0.2, 0) is 22.6 Å². The highest BCUT2D eigenvalue weighted by molar-refractivity contribution is 5.79. The van der Waals surface area contributed by atoms with E-state index >= 15 is 0 Å². The summed E-state index contributed by atoms with van der Waals surface area (Å²) in [6, 6.07) is -0.155. The Morgan fingerprint density at radius 2 is 1.81 bits per heavy atom. The molecule has 0 bridgehead atoms. The molecule has 2 amide bonds. The lowest BCUT2D eigenvalue weighted by Gasteiger charge is -2.37. The Balaban J connectivity index is 1.63. The summed E-state index contributed by atoms with van der Waals surface area (Å²) in [6.07, 6.45) is 7.60. The summed E-state index contributed by atoms with van der Waals surface area (Å²) in [6.45, 7) is 3.22. The number of nitrogens with one attached hydrogen (secondary N) is 1. The molecular formula is C20H28N4O3. The van der Waals surface area contributed by atoms with Crippen molar-refractivity contribution in [2.45, 2.75) is 70.9 Å². The van der Waals surface area contributed by atoms with E-state index in [1.807, 2.05) is 4.90 Å². The average molecular weight is 372 g/mol. The van der Waals surface area contributed by atoms with Gasteiger partial charge in [-0.25, -0.2) is 4.98 Å². The Bertz CT molecular complexity index is 797. The van der Waals surface area contributed by atoms with Crippen LogP contribution in [0.4, 0.5) is 0 Å². The summed E-state index contributed by atoms with van der Waals surface area (Å²) in [4.78, 5) is 48.8. The molecule has 0 spiro atoms. The largest absolute Gasteiger partial charge is 0.337 e. The van der Waals surface area contributed by atoms with Crippen LogP contribution in [0.25, 0.3) is 0 Å². The summed E-state index contributed by atoms with van der Waals surface area (Å²) < 4.78 is 0. The highest BCUT2D eigenvalue weighted by Gasteiger charge is 2.35. The van der Waals surface area contributed by atoms with Gasteiger partial charge in [0, 0.05) is 31.5 Å². The molecule has 0 aromatic carbocycles. The molecule has 1 aromatic rings. The van der Waals surface area contributed by atoms with Crippen molar-refractivity contribution >= 4 is 11.8 Å². The van der Waals surface area contributed by atoms with Crippen LogP contribution in [0.2, 0.25) is 0 Å². The van der Waals surface area contributed by atoms with E-state index in [0.717, 1.165) is 51.5 Å². The van der Waals surface area contributed by atoms with E-state index in [0.29, 0.717) is 36.6 Å². The molecule has 4 rings (SSSR count). The zero-order valence-electron chi connectivity index (χ0n) is 16.0. The number of aromatic nitrogens is 2. The van der Waals surface area contributed by atoms with E-state index in [1.54, 1.807) is 11.8 Å². The Hall–Kier alpha value is -2.18. The predicted octanol–water partition coefficient (Wildman–Crippen LogP) is 1.92. The second kappa shape index (κ2) is 7.44. The van der Waals surface area contributed by atoms with Crippen molar-refractivity contribution in [3.63, 3.8) is 0 Å². The smallest absolute Gasteiger partial charge is 0.254 e. The van der Waals surface area contributed by atoms with E-state index in [4.69, 9.17) is 4.98 Å². The van der Waals surface area contributed by atoms with Crippen molar-refractivity contribution in [1.29, 1.82) is 0 Å². The summed E-state index contributed by atoms with van der Waals surface area (Å²) in [5.41, 5.74) is 1.26. The number of H-pyrrole nitrogens is 1. The molecule has 146 valence electrons. The molecule has 3 aliphatic rings. The van der Waals surface area contributed by atoms with E-state index in [9.17, 15) is 14.4 Å². The van der Waals surface area contributed by atoms with Gasteiger partial charge < -0.3 is 14.8 Å². The van der Waals surface area contributed by atoms with Gasteiger partial charge >= 0.3 is 0 Å². The van der Waals surface area contributed by atoms with Crippen LogP contribution < -0.4 is 5.56 Å². The van der Waals surface area contributed by atoms with Crippen LogP contribution in [0.1, 0.15) is 75.0 Å². The van der Waals surface area contributed by atoms with Crippen LogP contribution >= 0.6 is 0 Å². The van der Waals surface area contributed by atoms with Gasteiger partial charge in [0.2, 0.25) is 11.8 Å². The first-order valence-corrected chi connectivity index (χ1v) is 10.2. The van der Waals surface area contributed by atoms with Gasteiger partial charge in [-0.05, 0) is 38.5 Å². The van der Waals surface area contributed by atoms with Gasteiger partial charge in [0.1, 0.15) is 5.82 Å². The van der Waals surface area contributed by atoms with Crippen molar-refractivity contribution in [3.05, 3.63) is 27.4 Å². The molecule has 7 heteroatoms. The fourth-order valence-electron chi connectivity index (χ4n) is 4.77. The second-order valence-electron chi connectivity index (χ2n) is 8.09. The summed E-state index contributed by atoms with van der Waals surface area (Å²) in [7, 11) is 0. The number of hydrogen-bond acceptors (Lipinski definition) is 4. The lowest BCUT2D eigenvalue weighted by Crippen LogP contribution is -2.43. The highest BCUT2D eigenvalue weighted by Crippen LogP contribution is 2.34. The van der Waals surface area contributed by atoms with E-state index in [-0.39, 0.29) is 29.3 Å². The van der Waals surface area contributed by atoms with Crippen LogP contribution in [0.5, 0.6) is 0 Å². The Labute approximate surface area is 159 Å². The van der Waals surface area contributed by atoms with Crippen molar-refractivity contribution in [2.75, 3.05) is 13.1 Å². The SMILES string of the molecule is CC(=O)N1CCc2c(nc([C@H]3CCCCN3C(=O)C3CCCC3)[nH]c2=O)C1. The summed E-state index contributed by atoms with van der Waals surface area (Å²) in [5, 5.41) is 0. The maximum absolute atomic E-state index is 13.1. The number of rotatable bonds is 2. The van der Waals surface area contributed by atoms with Crippen LogP contribution in [0.15, 0.2) is 4.79 Å². The third-order valence-electron chi connectivity index (χ3n) is 6.34. The molecule has 7 nitrogen and oxygen atoms in total. The van der Waals surface area contributed by atoms with E-state index in [2.05, 4.69) is 4.98 Å². The van der Waals surface area contributed by atoms with Crippen molar-refractivity contribution < 1.29 is 9.59 Å². The normalized spacial score (nSPS) is 23.4. The van der Waals surface area contributed by atoms with Gasteiger partial charge in [0.05, 0.1) is 18.3 Å². The summed E-state index contributed by atoms with van der Waals surface area (Å²) >= 11 is 0. The molecule has 1 aliphatic carbocycles. The molecular weight excluding hydrogens is 344 g/mol. The van der Waals surface area contributed by atoms with Crippen LogP contribution in [0.3, 0.4) is 0 Å². The van der Waals surface area contributed by atoms with Crippen LogP contribution in [0, 0.1) is 5.92 Å². The minimum Gasteiger partial charge on any atom is -0.337 e.